The maximum absolute atomic E-state index is 13.3. The summed E-state index contributed by atoms with van der Waals surface area (Å²) in [5.41, 5.74) is -3.30. The highest BCUT2D eigenvalue weighted by Gasteiger charge is 2.38. The molecule has 27 heavy (non-hydrogen) atoms. The molecule has 3 rings (SSSR count). The van der Waals surface area contributed by atoms with Crippen LogP contribution in [-0.4, -0.2) is 15.2 Å². The largest absolute Gasteiger partial charge is 0.417 e. The lowest BCUT2D eigenvalue weighted by molar-refractivity contribution is -0.142. The Labute approximate surface area is 161 Å². The zero-order valence-corrected chi connectivity index (χ0v) is 15.2. The van der Waals surface area contributed by atoms with Gasteiger partial charge in [0.25, 0.3) is 5.91 Å². The van der Waals surface area contributed by atoms with Crippen LogP contribution in [0.2, 0.25) is 0 Å². The highest BCUT2D eigenvalue weighted by atomic mass is 32.2. The molecule has 1 aromatic carbocycles. The number of benzene rings is 1. The number of alkyl halides is 6. The van der Waals surface area contributed by atoms with Crippen molar-refractivity contribution in [1.29, 1.82) is 0 Å². The minimum Gasteiger partial charge on any atom is -0.307 e. The molecule has 0 saturated carbocycles. The molecule has 12 heteroatoms. The smallest absolute Gasteiger partial charge is 0.307 e. The Kier molecular flexibility index (Phi) is 5.08. The zero-order chi connectivity index (χ0) is 20.0. The zero-order valence-electron chi connectivity index (χ0n) is 12.7. The van der Waals surface area contributed by atoms with Crippen molar-refractivity contribution in [3.05, 3.63) is 45.3 Å². The lowest BCUT2D eigenvalue weighted by Gasteiger charge is -2.14. The molecule has 1 aliphatic rings. The fourth-order valence-corrected chi connectivity index (χ4v) is 4.18. The van der Waals surface area contributed by atoms with Crippen LogP contribution in [0.15, 0.2) is 29.3 Å². The molecule has 1 amide bonds. The molecular weight excluding hydrogens is 434 g/mol. The van der Waals surface area contributed by atoms with Crippen LogP contribution in [0.5, 0.6) is 0 Å². The van der Waals surface area contributed by atoms with Gasteiger partial charge in [-0.15, -0.1) is 11.3 Å². The number of amides is 1. The molecule has 1 aromatic heterocycles. The van der Waals surface area contributed by atoms with Crippen LogP contribution >= 0.6 is 35.3 Å². The van der Waals surface area contributed by atoms with Gasteiger partial charge in [-0.3, -0.25) is 4.79 Å². The van der Waals surface area contributed by atoms with Crippen molar-refractivity contribution in [2.75, 3.05) is 0 Å². The van der Waals surface area contributed by atoms with Gasteiger partial charge in [-0.1, -0.05) is 30.0 Å². The van der Waals surface area contributed by atoms with Gasteiger partial charge >= 0.3 is 12.4 Å². The van der Waals surface area contributed by atoms with Crippen molar-refractivity contribution in [2.24, 2.45) is 0 Å². The summed E-state index contributed by atoms with van der Waals surface area (Å²) in [5, 5.41) is 2.27. The van der Waals surface area contributed by atoms with Gasteiger partial charge in [0.1, 0.15) is 9.33 Å². The number of hydrogen-bond acceptors (Lipinski definition) is 5. The Hall–Kier alpha value is -1.92. The van der Waals surface area contributed by atoms with E-state index in [0.29, 0.717) is 10.9 Å². The highest BCUT2D eigenvalue weighted by molar-refractivity contribution is 8.26. The summed E-state index contributed by atoms with van der Waals surface area (Å²) in [6.45, 7) is 0. The molecule has 1 fully saturated rings. The van der Waals surface area contributed by atoms with E-state index in [1.54, 1.807) is 0 Å². The van der Waals surface area contributed by atoms with E-state index in [2.05, 4.69) is 10.3 Å². The third-order valence-electron chi connectivity index (χ3n) is 3.32. The van der Waals surface area contributed by atoms with Crippen molar-refractivity contribution < 1.29 is 31.1 Å². The van der Waals surface area contributed by atoms with Crippen LogP contribution in [0.25, 0.3) is 16.6 Å². The van der Waals surface area contributed by atoms with Gasteiger partial charge in [0, 0.05) is 16.6 Å². The second-order valence-corrected chi connectivity index (χ2v) is 7.96. The SMILES string of the molecule is O=C1NC(=S)S/C1=C\c1cnc(-c2ccc(C(F)(F)F)cc2C(F)(F)F)s1. The molecule has 0 aliphatic carbocycles. The number of halogens is 6. The summed E-state index contributed by atoms with van der Waals surface area (Å²) in [6.07, 6.45) is -7.26. The Bertz CT molecular complexity index is 961. The molecule has 0 spiro atoms. The van der Waals surface area contributed by atoms with Gasteiger partial charge in [0.2, 0.25) is 0 Å². The molecule has 1 saturated heterocycles. The number of thiazole rings is 1. The van der Waals surface area contributed by atoms with Crippen molar-refractivity contribution in [3.8, 4) is 10.6 Å². The minimum atomic E-state index is -4.99. The number of hydrogen-bond donors (Lipinski definition) is 1. The predicted octanol–water partition coefficient (Wildman–Crippen LogP) is 5.34. The summed E-state index contributed by atoms with van der Waals surface area (Å²) >= 11 is 6.64. The van der Waals surface area contributed by atoms with Crippen molar-refractivity contribution in [2.45, 2.75) is 12.4 Å². The van der Waals surface area contributed by atoms with E-state index in [-0.39, 0.29) is 20.3 Å². The van der Waals surface area contributed by atoms with Gasteiger partial charge in [-0.05, 0) is 18.2 Å². The normalized spacial score (nSPS) is 16.9. The summed E-state index contributed by atoms with van der Waals surface area (Å²) in [5.74, 6) is -0.439. The fourth-order valence-electron chi connectivity index (χ4n) is 2.17. The summed E-state index contributed by atoms with van der Waals surface area (Å²) < 4.78 is 78.3. The molecule has 2 aromatic rings. The van der Waals surface area contributed by atoms with E-state index >= 15 is 0 Å². The summed E-state index contributed by atoms with van der Waals surface area (Å²) in [6, 6.07) is 1.38. The molecule has 0 radical (unpaired) electrons. The van der Waals surface area contributed by atoms with Gasteiger partial charge in [0.15, 0.2) is 0 Å². The topological polar surface area (TPSA) is 42.0 Å². The Morgan fingerprint density at radius 2 is 1.81 bits per heavy atom. The van der Waals surface area contributed by atoms with E-state index in [1.807, 2.05) is 0 Å². The maximum Gasteiger partial charge on any atom is 0.417 e. The van der Waals surface area contributed by atoms with Gasteiger partial charge in [-0.25, -0.2) is 4.98 Å². The highest BCUT2D eigenvalue weighted by Crippen LogP contribution is 2.42. The maximum atomic E-state index is 13.3. The van der Waals surface area contributed by atoms with Crippen LogP contribution < -0.4 is 5.32 Å². The number of nitrogens with zero attached hydrogens (tertiary/aromatic N) is 1. The van der Waals surface area contributed by atoms with E-state index in [0.717, 1.165) is 29.2 Å². The number of thiocarbonyl (C=S) groups is 1. The van der Waals surface area contributed by atoms with Crippen molar-refractivity contribution in [1.82, 2.24) is 10.3 Å². The molecule has 2 heterocycles. The second kappa shape index (κ2) is 6.91. The van der Waals surface area contributed by atoms with E-state index in [1.165, 1.54) is 12.3 Å². The number of rotatable bonds is 2. The second-order valence-electron chi connectivity index (χ2n) is 5.18. The third-order valence-corrected chi connectivity index (χ3v) is 5.46. The van der Waals surface area contributed by atoms with Crippen LogP contribution in [0, 0.1) is 0 Å². The first kappa shape index (κ1) is 19.8. The van der Waals surface area contributed by atoms with Gasteiger partial charge < -0.3 is 5.32 Å². The monoisotopic (exact) mass is 440 g/mol. The summed E-state index contributed by atoms with van der Waals surface area (Å²) in [7, 11) is 0. The van der Waals surface area contributed by atoms with E-state index in [9.17, 15) is 31.1 Å². The minimum absolute atomic E-state index is 0.0631. The van der Waals surface area contributed by atoms with Gasteiger partial charge in [0.05, 0.1) is 16.0 Å². The number of carbonyl (C=O) groups excluding carboxylic acids is 1. The first-order chi connectivity index (χ1) is 12.4. The van der Waals surface area contributed by atoms with Crippen molar-refractivity contribution >= 4 is 51.6 Å². The van der Waals surface area contributed by atoms with Crippen LogP contribution in [-0.2, 0) is 17.1 Å². The molecular formula is C15H6F6N2OS3. The van der Waals surface area contributed by atoms with Crippen LogP contribution in [0.4, 0.5) is 26.3 Å². The first-order valence-corrected chi connectivity index (χ1v) is 8.99. The molecule has 1 aliphatic heterocycles. The average molecular weight is 440 g/mol. The molecule has 0 unspecified atom stereocenters. The van der Waals surface area contributed by atoms with Crippen molar-refractivity contribution in [3.63, 3.8) is 0 Å². The molecule has 1 N–H and O–H groups in total. The summed E-state index contributed by atoms with van der Waals surface area (Å²) in [4.78, 5) is 16.1. The lowest BCUT2D eigenvalue weighted by Crippen LogP contribution is -2.17. The molecule has 0 bridgehead atoms. The number of nitrogens with one attached hydrogen (secondary N) is 1. The Balaban J connectivity index is 2.02. The first-order valence-electron chi connectivity index (χ1n) is 6.94. The van der Waals surface area contributed by atoms with E-state index in [4.69, 9.17) is 12.2 Å². The number of carbonyl (C=O) groups is 1. The van der Waals surface area contributed by atoms with E-state index < -0.39 is 35.0 Å². The third kappa shape index (κ3) is 4.33. The predicted molar refractivity (Wildman–Crippen MR) is 93.9 cm³/mol. The fraction of sp³-hybridized carbons (Fsp3) is 0.133. The Morgan fingerprint density at radius 1 is 1.11 bits per heavy atom. The molecule has 142 valence electrons. The average Bonchev–Trinajstić information content (AvgIpc) is 3.12. The number of thioether (sulfide) groups is 1. The number of aromatic nitrogens is 1. The molecule has 3 nitrogen and oxygen atoms in total. The molecule has 0 atom stereocenters. The Morgan fingerprint density at radius 3 is 2.37 bits per heavy atom. The standard InChI is InChI=1S/C15H6F6N2OS3/c16-14(17,18)6-1-2-8(9(3-6)15(19,20)21)12-22-5-7(26-12)4-10-11(24)23-13(25)27-10/h1-5H,(H,23,24,25)/b10-4-. The van der Waals surface area contributed by atoms with Gasteiger partial charge in [-0.2, -0.15) is 26.3 Å². The van der Waals surface area contributed by atoms with Crippen LogP contribution in [0.3, 0.4) is 0 Å². The quantitative estimate of drug-likeness (QED) is 0.389. The van der Waals surface area contributed by atoms with Crippen LogP contribution in [0.1, 0.15) is 16.0 Å². The lowest BCUT2D eigenvalue weighted by atomic mass is 10.0.